The van der Waals surface area contributed by atoms with Crippen molar-refractivity contribution in [3.63, 3.8) is 0 Å². The molecule has 28 heavy (non-hydrogen) atoms. The molecule has 1 aromatic carbocycles. The molecule has 1 aliphatic heterocycles. The molecule has 2 fully saturated rings. The summed E-state index contributed by atoms with van der Waals surface area (Å²) in [7, 11) is 0. The van der Waals surface area contributed by atoms with Crippen molar-refractivity contribution in [2.75, 3.05) is 13.1 Å². The fourth-order valence-electron chi connectivity index (χ4n) is 4.16. The van der Waals surface area contributed by atoms with Crippen LogP contribution in [0.25, 0.3) is 0 Å². The van der Waals surface area contributed by atoms with Gasteiger partial charge in [0.1, 0.15) is 0 Å². The van der Waals surface area contributed by atoms with Crippen LogP contribution in [0.2, 0.25) is 0 Å². The number of benzene rings is 1. The highest BCUT2D eigenvalue weighted by molar-refractivity contribution is 5.94. The number of nitrogens with one attached hydrogen (secondary N) is 1. The van der Waals surface area contributed by atoms with Crippen LogP contribution in [-0.2, 0) is 11.0 Å². The molecule has 154 valence electrons. The lowest BCUT2D eigenvalue weighted by Gasteiger charge is -2.34. The first kappa shape index (κ1) is 20.7. The molecule has 2 atom stereocenters. The zero-order chi connectivity index (χ0) is 20.3. The van der Waals surface area contributed by atoms with E-state index in [1.54, 1.807) is 4.90 Å². The highest BCUT2D eigenvalue weighted by atomic mass is 19.4. The Bertz CT molecular complexity index is 695. The molecule has 1 saturated carbocycles. The Morgan fingerprint density at radius 1 is 1.00 bits per heavy atom. The molecular formula is C21H27F3N2O2. The summed E-state index contributed by atoms with van der Waals surface area (Å²) in [6, 6.07) is 4.54. The Morgan fingerprint density at radius 2 is 1.61 bits per heavy atom. The average Bonchev–Trinajstić information content (AvgIpc) is 2.69. The topological polar surface area (TPSA) is 49.4 Å². The summed E-state index contributed by atoms with van der Waals surface area (Å²) in [5.74, 6) is 0.179. The van der Waals surface area contributed by atoms with Crippen LogP contribution in [0.15, 0.2) is 24.3 Å². The second kappa shape index (κ2) is 8.53. The number of piperidine rings is 1. The number of rotatable bonds is 3. The molecule has 2 unspecified atom stereocenters. The largest absolute Gasteiger partial charge is 0.416 e. The van der Waals surface area contributed by atoms with E-state index in [9.17, 15) is 22.8 Å². The Hall–Kier alpha value is -2.05. The second-order valence-electron chi connectivity index (χ2n) is 8.02. The van der Waals surface area contributed by atoms with Gasteiger partial charge in [-0.05, 0) is 55.9 Å². The lowest BCUT2D eigenvalue weighted by molar-refractivity contribution is -0.137. The Balaban J connectivity index is 1.51. The van der Waals surface area contributed by atoms with Gasteiger partial charge in [-0.15, -0.1) is 0 Å². The molecule has 0 radical (unpaired) electrons. The molecule has 7 heteroatoms. The summed E-state index contributed by atoms with van der Waals surface area (Å²) in [5.41, 5.74) is -0.525. The normalized spacial score (nSPS) is 24.1. The van der Waals surface area contributed by atoms with Crippen LogP contribution < -0.4 is 5.32 Å². The second-order valence-corrected chi connectivity index (χ2v) is 8.02. The van der Waals surface area contributed by atoms with E-state index >= 15 is 0 Å². The fourth-order valence-corrected chi connectivity index (χ4v) is 4.16. The van der Waals surface area contributed by atoms with Crippen molar-refractivity contribution >= 4 is 11.8 Å². The van der Waals surface area contributed by atoms with Gasteiger partial charge >= 0.3 is 6.18 Å². The number of hydrogen-bond donors (Lipinski definition) is 1. The number of alkyl halides is 3. The number of halogens is 3. The van der Waals surface area contributed by atoms with Crippen LogP contribution in [0.4, 0.5) is 13.2 Å². The zero-order valence-electron chi connectivity index (χ0n) is 16.1. The minimum atomic E-state index is -4.41. The van der Waals surface area contributed by atoms with Gasteiger partial charge in [-0.25, -0.2) is 0 Å². The van der Waals surface area contributed by atoms with Crippen LogP contribution in [0.3, 0.4) is 0 Å². The molecule has 1 heterocycles. The van der Waals surface area contributed by atoms with E-state index in [4.69, 9.17) is 0 Å². The minimum absolute atomic E-state index is 0.0698. The minimum Gasteiger partial charge on any atom is -0.353 e. The van der Waals surface area contributed by atoms with Crippen LogP contribution in [0.5, 0.6) is 0 Å². The molecule has 0 spiro atoms. The summed E-state index contributed by atoms with van der Waals surface area (Å²) >= 11 is 0. The van der Waals surface area contributed by atoms with E-state index in [0.29, 0.717) is 31.8 Å². The quantitative estimate of drug-likeness (QED) is 0.830. The predicted octanol–water partition coefficient (Wildman–Crippen LogP) is 4.25. The average molecular weight is 396 g/mol. The van der Waals surface area contributed by atoms with E-state index in [0.717, 1.165) is 31.4 Å². The van der Waals surface area contributed by atoms with Gasteiger partial charge in [0.25, 0.3) is 5.91 Å². The molecular weight excluding hydrogens is 369 g/mol. The Labute approximate surface area is 163 Å². The Kier molecular flexibility index (Phi) is 6.30. The number of hydrogen-bond acceptors (Lipinski definition) is 2. The summed E-state index contributed by atoms with van der Waals surface area (Å²) in [4.78, 5) is 26.7. The maximum Gasteiger partial charge on any atom is 0.416 e. The van der Waals surface area contributed by atoms with Gasteiger partial charge in [-0.2, -0.15) is 13.2 Å². The summed E-state index contributed by atoms with van der Waals surface area (Å²) in [5, 5.41) is 3.19. The molecule has 1 aliphatic carbocycles. The molecule has 4 nitrogen and oxygen atoms in total. The molecule has 0 bridgehead atoms. The van der Waals surface area contributed by atoms with Gasteiger partial charge in [0.15, 0.2) is 0 Å². The van der Waals surface area contributed by atoms with Crippen molar-refractivity contribution in [1.82, 2.24) is 10.2 Å². The van der Waals surface area contributed by atoms with E-state index in [1.807, 2.05) is 0 Å². The maximum atomic E-state index is 12.7. The third-order valence-corrected chi connectivity index (χ3v) is 6.05. The molecule has 2 amide bonds. The Morgan fingerprint density at radius 3 is 2.18 bits per heavy atom. The number of nitrogens with zero attached hydrogens (tertiary/aromatic N) is 1. The van der Waals surface area contributed by atoms with Gasteiger partial charge in [0, 0.05) is 30.6 Å². The van der Waals surface area contributed by atoms with Crippen molar-refractivity contribution in [3.05, 3.63) is 35.4 Å². The lowest BCUT2D eigenvalue weighted by atomic mass is 9.85. The molecule has 0 aromatic heterocycles. The molecule has 2 aliphatic rings. The maximum absolute atomic E-state index is 12.7. The first-order chi connectivity index (χ1) is 13.3. The van der Waals surface area contributed by atoms with Crippen LogP contribution in [-0.4, -0.2) is 35.8 Å². The molecule has 1 N–H and O–H groups in total. The lowest BCUT2D eigenvalue weighted by Crippen LogP contribution is -2.47. The van der Waals surface area contributed by atoms with Crippen LogP contribution in [0, 0.1) is 11.8 Å². The highest BCUT2D eigenvalue weighted by Gasteiger charge is 2.32. The summed E-state index contributed by atoms with van der Waals surface area (Å²) in [6.07, 6.45) is 1.29. The van der Waals surface area contributed by atoms with Gasteiger partial charge in [0.2, 0.25) is 5.91 Å². The molecule has 1 aromatic rings. The van der Waals surface area contributed by atoms with Crippen molar-refractivity contribution in [2.45, 2.75) is 57.7 Å². The van der Waals surface area contributed by atoms with Gasteiger partial charge in [-0.3, -0.25) is 9.59 Å². The van der Waals surface area contributed by atoms with Gasteiger partial charge < -0.3 is 10.2 Å². The van der Waals surface area contributed by atoms with E-state index in [-0.39, 0.29) is 29.3 Å². The SMILES string of the molecule is CC1CCCCC1NC(=O)C1CCN(C(=O)c2ccc(C(F)(F)F)cc2)CC1. The monoisotopic (exact) mass is 396 g/mol. The summed E-state index contributed by atoms with van der Waals surface area (Å²) in [6.45, 7) is 3.06. The van der Waals surface area contributed by atoms with Crippen LogP contribution in [0.1, 0.15) is 61.4 Å². The number of amides is 2. The molecule has 3 rings (SSSR count). The van der Waals surface area contributed by atoms with Crippen molar-refractivity contribution in [3.8, 4) is 0 Å². The van der Waals surface area contributed by atoms with E-state index in [1.165, 1.54) is 18.6 Å². The third kappa shape index (κ3) is 4.86. The van der Waals surface area contributed by atoms with Gasteiger partial charge in [0.05, 0.1) is 5.56 Å². The number of likely N-dealkylation sites (tertiary alicyclic amines) is 1. The molecule has 1 saturated heterocycles. The van der Waals surface area contributed by atoms with Crippen molar-refractivity contribution in [2.24, 2.45) is 11.8 Å². The third-order valence-electron chi connectivity index (χ3n) is 6.05. The van der Waals surface area contributed by atoms with E-state index < -0.39 is 11.7 Å². The van der Waals surface area contributed by atoms with Gasteiger partial charge in [-0.1, -0.05) is 19.8 Å². The smallest absolute Gasteiger partial charge is 0.353 e. The fraction of sp³-hybridized carbons (Fsp3) is 0.619. The van der Waals surface area contributed by atoms with Crippen LogP contribution >= 0.6 is 0 Å². The zero-order valence-corrected chi connectivity index (χ0v) is 16.1. The predicted molar refractivity (Wildman–Crippen MR) is 99.6 cm³/mol. The summed E-state index contributed by atoms with van der Waals surface area (Å²) < 4.78 is 38.0. The first-order valence-electron chi connectivity index (χ1n) is 10.0. The number of carbonyl (C=O) groups is 2. The van der Waals surface area contributed by atoms with E-state index in [2.05, 4.69) is 12.2 Å². The highest BCUT2D eigenvalue weighted by Crippen LogP contribution is 2.30. The van der Waals surface area contributed by atoms with Crippen molar-refractivity contribution in [1.29, 1.82) is 0 Å². The standard InChI is InChI=1S/C21H27F3N2O2/c1-14-4-2-3-5-18(14)25-19(27)15-10-12-26(13-11-15)20(28)16-6-8-17(9-7-16)21(22,23)24/h6-9,14-15,18H,2-5,10-13H2,1H3,(H,25,27). The van der Waals surface area contributed by atoms with Crippen molar-refractivity contribution < 1.29 is 22.8 Å². The first-order valence-corrected chi connectivity index (χ1v) is 10.0. The number of carbonyl (C=O) groups excluding carboxylic acids is 2.